The zero-order chi connectivity index (χ0) is 17.0. The number of hydrogen-bond donors (Lipinski definition) is 0. The van der Waals surface area contributed by atoms with E-state index < -0.39 is 0 Å². The molecule has 0 aliphatic carbocycles. The van der Waals surface area contributed by atoms with E-state index in [-0.39, 0.29) is 11.9 Å². The van der Waals surface area contributed by atoms with Crippen molar-refractivity contribution in [2.75, 3.05) is 0 Å². The van der Waals surface area contributed by atoms with Gasteiger partial charge in [0, 0.05) is 13.8 Å². The summed E-state index contributed by atoms with van der Waals surface area (Å²) in [5.74, 6) is 0.229. The Kier molecular flexibility index (Phi) is 5.45. The van der Waals surface area contributed by atoms with Crippen LogP contribution in [-0.4, -0.2) is 11.9 Å². The van der Waals surface area contributed by atoms with E-state index in [1.54, 1.807) is 12.1 Å². The monoisotopic (exact) mass is 330 g/mol. The Labute approximate surface area is 139 Å². The average Bonchev–Trinajstić information content (AvgIpc) is 2.44. The molecule has 2 aromatic carbocycles. The van der Waals surface area contributed by atoms with E-state index in [2.05, 4.69) is 0 Å². The van der Waals surface area contributed by atoms with Crippen LogP contribution < -0.4 is 9.47 Å². The summed E-state index contributed by atoms with van der Waals surface area (Å²) in [6, 6.07) is 11.2. The van der Waals surface area contributed by atoms with Gasteiger partial charge >= 0.3 is 11.9 Å². The van der Waals surface area contributed by atoms with Crippen LogP contribution in [0.3, 0.4) is 0 Å². The Morgan fingerprint density at radius 1 is 0.783 bits per heavy atom. The number of benzene rings is 2. The molecule has 0 aliphatic heterocycles. The molecule has 0 amide bonds. The second-order valence-corrected chi connectivity index (χ2v) is 6.27. The van der Waals surface area contributed by atoms with Crippen LogP contribution in [-0.2, 0) is 9.59 Å². The summed E-state index contributed by atoms with van der Waals surface area (Å²) >= 11 is 1.40. The number of ether oxygens (including phenoxy) is 2. The highest BCUT2D eigenvalue weighted by atomic mass is 32.2. The highest BCUT2D eigenvalue weighted by Crippen LogP contribution is 2.40. The Bertz CT molecular complexity index is 689. The SMILES string of the molecule is CC(=O)Oc1ccc(C)cc1Sc1cc(C)ccc1OC(C)=O. The fraction of sp³-hybridized carbons (Fsp3) is 0.222. The van der Waals surface area contributed by atoms with Gasteiger partial charge in [0.15, 0.2) is 0 Å². The van der Waals surface area contributed by atoms with Crippen LogP contribution in [0.1, 0.15) is 25.0 Å². The average molecular weight is 330 g/mol. The number of esters is 2. The molecule has 120 valence electrons. The molecule has 0 saturated carbocycles. The molecule has 0 saturated heterocycles. The first kappa shape index (κ1) is 17.1. The van der Waals surface area contributed by atoms with Crippen LogP contribution in [0.2, 0.25) is 0 Å². The predicted octanol–water partition coefficient (Wildman–Crippen LogP) is 4.31. The lowest BCUT2D eigenvalue weighted by Gasteiger charge is -2.13. The maximum Gasteiger partial charge on any atom is 0.308 e. The smallest absolute Gasteiger partial charge is 0.308 e. The number of rotatable bonds is 4. The van der Waals surface area contributed by atoms with Gasteiger partial charge in [0.1, 0.15) is 11.5 Å². The quantitative estimate of drug-likeness (QED) is 0.618. The van der Waals surface area contributed by atoms with Crippen LogP contribution in [0.4, 0.5) is 0 Å². The van der Waals surface area contributed by atoms with E-state index in [4.69, 9.17) is 9.47 Å². The lowest BCUT2D eigenvalue weighted by atomic mass is 10.2. The molecule has 0 heterocycles. The number of hydrogen-bond acceptors (Lipinski definition) is 5. The summed E-state index contributed by atoms with van der Waals surface area (Å²) in [5, 5.41) is 0. The molecule has 0 fully saturated rings. The number of carbonyl (C=O) groups excluding carboxylic acids is 2. The lowest BCUT2D eigenvalue weighted by Crippen LogP contribution is -2.04. The first-order valence-corrected chi connectivity index (χ1v) is 7.93. The van der Waals surface area contributed by atoms with Crippen molar-refractivity contribution < 1.29 is 19.1 Å². The van der Waals surface area contributed by atoms with E-state index in [9.17, 15) is 9.59 Å². The van der Waals surface area contributed by atoms with Crippen LogP contribution in [0.15, 0.2) is 46.2 Å². The number of aryl methyl sites for hydroxylation is 2. The molecule has 0 aromatic heterocycles. The summed E-state index contributed by atoms with van der Waals surface area (Å²) in [6.45, 7) is 6.66. The van der Waals surface area contributed by atoms with Crippen molar-refractivity contribution in [3.05, 3.63) is 47.5 Å². The van der Waals surface area contributed by atoms with Crippen LogP contribution in [0, 0.1) is 13.8 Å². The van der Waals surface area contributed by atoms with Crippen LogP contribution in [0.5, 0.6) is 11.5 Å². The van der Waals surface area contributed by atoms with Crippen molar-refractivity contribution in [2.45, 2.75) is 37.5 Å². The van der Waals surface area contributed by atoms with Gasteiger partial charge in [-0.1, -0.05) is 23.9 Å². The molecule has 0 bridgehead atoms. The molecule has 2 aromatic rings. The van der Waals surface area contributed by atoms with Gasteiger partial charge in [-0.15, -0.1) is 0 Å². The molecule has 5 heteroatoms. The van der Waals surface area contributed by atoms with Gasteiger partial charge in [0.05, 0.1) is 9.79 Å². The molecule has 0 spiro atoms. The lowest BCUT2D eigenvalue weighted by molar-refractivity contribution is -0.133. The van der Waals surface area contributed by atoms with Gasteiger partial charge in [0.25, 0.3) is 0 Å². The molecule has 0 radical (unpaired) electrons. The topological polar surface area (TPSA) is 52.6 Å². The fourth-order valence-corrected chi connectivity index (χ4v) is 3.13. The van der Waals surface area contributed by atoms with Crippen LogP contribution >= 0.6 is 11.8 Å². The second kappa shape index (κ2) is 7.33. The third-order valence-electron chi connectivity index (χ3n) is 2.93. The molecular weight excluding hydrogens is 312 g/mol. The Hall–Kier alpha value is -2.27. The maximum absolute atomic E-state index is 11.3. The zero-order valence-electron chi connectivity index (χ0n) is 13.5. The number of carbonyl (C=O) groups is 2. The summed E-state index contributed by atoms with van der Waals surface area (Å²) in [4.78, 5) is 24.1. The van der Waals surface area contributed by atoms with Gasteiger partial charge in [-0.25, -0.2) is 0 Å². The van der Waals surface area contributed by atoms with Crippen molar-refractivity contribution >= 4 is 23.7 Å². The maximum atomic E-state index is 11.3. The van der Waals surface area contributed by atoms with E-state index in [1.165, 1.54) is 25.6 Å². The van der Waals surface area contributed by atoms with Gasteiger partial charge in [-0.3, -0.25) is 9.59 Å². The molecule has 0 N–H and O–H groups in total. The van der Waals surface area contributed by atoms with E-state index in [0.717, 1.165) is 20.9 Å². The summed E-state index contributed by atoms with van der Waals surface area (Å²) in [6.07, 6.45) is 0. The van der Waals surface area contributed by atoms with Gasteiger partial charge in [-0.2, -0.15) is 0 Å². The highest BCUT2D eigenvalue weighted by Gasteiger charge is 2.13. The van der Waals surface area contributed by atoms with Crippen molar-refractivity contribution in [3.63, 3.8) is 0 Å². The first-order valence-electron chi connectivity index (χ1n) is 7.11. The zero-order valence-corrected chi connectivity index (χ0v) is 14.3. The summed E-state index contributed by atoms with van der Waals surface area (Å²) in [7, 11) is 0. The molecular formula is C18H18O4S. The third kappa shape index (κ3) is 4.86. The second-order valence-electron chi connectivity index (χ2n) is 5.19. The molecule has 23 heavy (non-hydrogen) atoms. The molecule has 4 nitrogen and oxygen atoms in total. The summed E-state index contributed by atoms with van der Waals surface area (Å²) in [5.41, 5.74) is 2.09. The van der Waals surface area contributed by atoms with E-state index >= 15 is 0 Å². The third-order valence-corrected chi connectivity index (χ3v) is 4.00. The first-order chi connectivity index (χ1) is 10.8. The van der Waals surface area contributed by atoms with Crippen molar-refractivity contribution in [3.8, 4) is 11.5 Å². The van der Waals surface area contributed by atoms with Crippen molar-refractivity contribution in [1.82, 2.24) is 0 Å². The largest absolute Gasteiger partial charge is 0.426 e. The molecule has 0 unspecified atom stereocenters. The molecule has 2 rings (SSSR count). The Morgan fingerprint density at radius 2 is 1.17 bits per heavy atom. The van der Waals surface area contributed by atoms with Gasteiger partial charge < -0.3 is 9.47 Å². The van der Waals surface area contributed by atoms with Gasteiger partial charge in [0.2, 0.25) is 0 Å². The minimum absolute atomic E-state index is 0.375. The Morgan fingerprint density at radius 3 is 1.52 bits per heavy atom. The van der Waals surface area contributed by atoms with E-state index in [1.807, 2.05) is 38.1 Å². The summed E-state index contributed by atoms with van der Waals surface area (Å²) < 4.78 is 10.5. The van der Waals surface area contributed by atoms with Crippen molar-refractivity contribution in [2.24, 2.45) is 0 Å². The van der Waals surface area contributed by atoms with E-state index in [0.29, 0.717) is 11.5 Å². The molecule has 0 aliphatic rings. The predicted molar refractivity (Wildman–Crippen MR) is 89.1 cm³/mol. The van der Waals surface area contributed by atoms with Crippen LogP contribution in [0.25, 0.3) is 0 Å². The minimum Gasteiger partial charge on any atom is -0.426 e. The standard InChI is InChI=1S/C18H18O4S/c1-11-5-7-15(21-13(3)19)17(9-11)23-18-10-12(2)6-8-16(18)22-14(4)20/h5-10H,1-4H3. The molecule has 0 atom stereocenters. The minimum atomic E-state index is -0.375. The van der Waals surface area contributed by atoms with Crippen molar-refractivity contribution in [1.29, 1.82) is 0 Å². The van der Waals surface area contributed by atoms with Gasteiger partial charge in [-0.05, 0) is 49.2 Å². The Balaban J connectivity index is 2.42. The highest BCUT2D eigenvalue weighted by molar-refractivity contribution is 7.99. The normalized spacial score (nSPS) is 10.3. The fourth-order valence-electron chi connectivity index (χ4n) is 1.99.